The Hall–Kier alpha value is -2.79. The van der Waals surface area contributed by atoms with Gasteiger partial charge in [-0.25, -0.2) is 9.59 Å². The molecule has 0 radical (unpaired) electrons. The summed E-state index contributed by atoms with van der Waals surface area (Å²) >= 11 is 6.00. The number of carbonyl (C=O) groups is 2. The average Bonchev–Trinajstić information content (AvgIpc) is 2.56. The van der Waals surface area contributed by atoms with Gasteiger partial charge in [0.25, 0.3) is 0 Å². The van der Waals surface area contributed by atoms with Crippen molar-refractivity contribution in [3.8, 4) is 0 Å². The zero-order valence-corrected chi connectivity index (χ0v) is 13.1. The summed E-state index contributed by atoms with van der Waals surface area (Å²) in [6.45, 7) is 0. The number of anilines is 1. The Morgan fingerprint density at radius 2 is 1.78 bits per heavy atom. The summed E-state index contributed by atoms with van der Waals surface area (Å²) in [7, 11) is 1.31. The number of carbonyl (C=O) groups excluding carboxylic acids is 2. The molecule has 0 saturated heterocycles. The highest BCUT2D eigenvalue weighted by Crippen LogP contribution is 2.15. The van der Waals surface area contributed by atoms with Gasteiger partial charge in [-0.1, -0.05) is 29.8 Å². The van der Waals surface area contributed by atoms with Crippen molar-refractivity contribution >= 4 is 35.4 Å². The molecule has 0 unspecified atom stereocenters. The van der Waals surface area contributed by atoms with Crippen LogP contribution in [0.4, 0.5) is 10.5 Å². The van der Waals surface area contributed by atoms with Crippen molar-refractivity contribution in [3.05, 3.63) is 70.9 Å². The van der Waals surface area contributed by atoms with Gasteiger partial charge >= 0.3 is 12.0 Å². The summed E-state index contributed by atoms with van der Waals surface area (Å²) in [5.74, 6) is -0.427. The van der Waals surface area contributed by atoms with Gasteiger partial charge in [-0.2, -0.15) is 0 Å². The molecule has 0 spiro atoms. The molecule has 0 bridgehead atoms. The number of benzene rings is 2. The van der Waals surface area contributed by atoms with Crippen LogP contribution >= 0.6 is 11.6 Å². The van der Waals surface area contributed by atoms with Crippen LogP contribution < -0.4 is 10.6 Å². The standard InChI is InChI=1S/C17H15ClN2O3/c1-23-16(21)13-6-8-14(9-7-13)20-17(22)19-11-10-12-4-2-3-5-15(12)18/h2-11H,1H3,(H2,19,20,22)/b11-10+. The van der Waals surface area contributed by atoms with Crippen molar-refractivity contribution in [2.75, 3.05) is 12.4 Å². The highest BCUT2D eigenvalue weighted by molar-refractivity contribution is 6.32. The van der Waals surface area contributed by atoms with Gasteiger partial charge in [-0.15, -0.1) is 0 Å². The first kappa shape index (κ1) is 16.6. The van der Waals surface area contributed by atoms with E-state index in [0.29, 0.717) is 16.3 Å². The van der Waals surface area contributed by atoms with Gasteiger partial charge in [0, 0.05) is 16.9 Å². The van der Waals surface area contributed by atoms with E-state index in [-0.39, 0.29) is 0 Å². The van der Waals surface area contributed by atoms with Gasteiger partial charge in [0.2, 0.25) is 0 Å². The third-order valence-electron chi connectivity index (χ3n) is 2.95. The zero-order valence-electron chi connectivity index (χ0n) is 12.4. The van der Waals surface area contributed by atoms with E-state index in [0.717, 1.165) is 5.56 Å². The number of halogens is 1. The van der Waals surface area contributed by atoms with Crippen LogP contribution in [0.1, 0.15) is 15.9 Å². The Bertz CT molecular complexity index is 727. The smallest absolute Gasteiger partial charge is 0.337 e. The summed E-state index contributed by atoms with van der Waals surface area (Å²) in [6, 6.07) is 13.3. The molecule has 0 atom stereocenters. The summed E-state index contributed by atoms with van der Waals surface area (Å²) < 4.78 is 4.60. The number of rotatable bonds is 4. The molecule has 0 aliphatic carbocycles. The number of esters is 1. The van der Waals surface area contributed by atoms with E-state index >= 15 is 0 Å². The lowest BCUT2D eigenvalue weighted by Crippen LogP contribution is -2.23. The van der Waals surface area contributed by atoms with Gasteiger partial charge in [-0.3, -0.25) is 0 Å². The Morgan fingerprint density at radius 3 is 2.43 bits per heavy atom. The quantitative estimate of drug-likeness (QED) is 0.835. The number of methoxy groups -OCH3 is 1. The number of nitrogens with one attached hydrogen (secondary N) is 2. The van der Waals surface area contributed by atoms with Gasteiger partial charge in [0.05, 0.1) is 12.7 Å². The lowest BCUT2D eigenvalue weighted by atomic mass is 10.2. The summed E-state index contributed by atoms with van der Waals surface area (Å²) in [5, 5.41) is 5.82. The minimum absolute atomic E-state index is 0.404. The van der Waals surface area contributed by atoms with E-state index in [1.165, 1.54) is 13.3 Å². The Labute approximate surface area is 138 Å². The minimum Gasteiger partial charge on any atom is -0.465 e. The Balaban J connectivity index is 1.90. The van der Waals surface area contributed by atoms with E-state index in [1.54, 1.807) is 36.4 Å². The Kier molecular flexibility index (Phi) is 5.77. The van der Waals surface area contributed by atoms with Crippen LogP contribution in [0.5, 0.6) is 0 Å². The van der Waals surface area contributed by atoms with Crippen molar-refractivity contribution in [1.82, 2.24) is 5.32 Å². The summed E-state index contributed by atoms with van der Waals surface area (Å²) in [4.78, 5) is 23.1. The average molecular weight is 331 g/mol. The van der Waals surface area contributed by atoms with Gasteiger partial charge in [0.1, 0.15) is 0 Å². The molecule has 6 heteroatoms. The maximum absolute atomic E-state index is 11.8. The van der Waals surface area contributed by atoms with Crippen LogP contribution in [0.3, 0.4) is 0 Å². The second-order valence-electron chi connectivity index (χ2n) is 4.52. The number of hydrogen-bond acceptors (Lipinski definition) is 3. The highest BCUT2D eigenvalue weighted by atomic mass is 35.5. The SMILES string of the molecule is COC(=O)c1ccc(NC(=O)N/C=C/c2ccccc2Cl)cc1. The molecule has 2 amide bonds. The molecule has 2 rings (SSSR count). The van der Waals surface area contributed by atoms with Gasteiger partial charge < -0.3 is 15.4 Å². The van der Waals surface area contributed by atoms with Gasteiger partial charge in [-0.05, 0) is 42.0 Å². The first-order chi connectivity index (χ1) is 11.1. The predicted octanol–water partition coefficient (Wildman–Crippen LogP) is 3.92. The third-order valence-corrected chi connectivity index (χ3v) is 3.29. The van der Waals surface area contributed by atoms with Crippen molar-refractivity contribution in [2.24, 2.45) is 0 Å². The molecule has 118 valence electrons. The Morgan fingerprint density at radius 1 is 1.09 bits per heavy atom. The van der Waals surface area contributed by atoms with Crippen LogP contribution in [0.2, 0.25) is 5.02 Å². The van der Waals surface area contributed by atoms with E-state index in [2.05, 4.69) is 15.4 Å². The van der Waals surface area contributed by atoms with Crippen molar-refractivity contribution in [2.45, 2.75) is 0 Å². The molecule has 2 aromatic rings. The normalized spacial score (nSPS) is 10.3. The second-order valence-corrected chi connectivity index (χ2v) is 4.93. The highest BCUT2D eigenvalue weighted by Gasteiger charge is 2.05. The third kappa shape index (κ3) is 4.86. The number of ether oxygens (including phenoxy) is 1. The zero-order chi connectivity index (χ0) is 16.7. The molecule has 0 aliphatic rings. The van der Waals surface area contributed by atoms with E-state index in [9.17, 15) is 9.59 Å². The molecule has 2 N–H and O–H groups in total. The molecule has 2 aromatic carbocycles. The van der Waals surface area contributed by atoms with E-state index in [4.69, 9.17) is 11.6 Å². The van der Waals surface area contributed by atoms with Gasteiger partial charge in [0.15, 0.2) is 0 Å². The van der Waals surface area contributed by atoms with Crippen LogP contribution in [0, 0.1) is 0 Å². The molecular formula is C17H15ClN2O3. The lowest BCUT2D eigenvalue weighted by Gasteiger charge is -2.05. The fourth-order valence-corrected chi connectivity index (χ4v) is 1.99. The predicted molar refractivity (Wildman–Crippen MR) is 90.4 cm³/mol. The van der Waals surface area contributed by atoms with E-state index in [1.807, 2.05) is 18.2 Å². The van der Waals surface area contributed by atoms with Crippen LogP contribution in [-0.4, -0.2) is 19.1 Å². The van der Waals surface area contributed by atoms with Crippen molar-refractivity contribution in [3.63, 3.8) is 0 Å². The fourth-order valence-electron chi connectivity index (χ4n) is 1.79. The van der Waals surface area contributed by atoms with Crippen LogP contribution in [0.15, 0.2) is 54.7 Å². The van der Waals surface area contributed by atoms with Crippen molar-refractivity contribution in [1.29, 1.82) is 0 Å². The molecule has 0 saturated carbocycles. The molecule has 5 nitrogen and oxygen atoms in total. The second kappa shape index (κ2) is 8.00. The minimum atomic E-state index is -0.427. The summed E-state index contributed by atoms with van der Waals surface area (Å²) in [6.07, 6.45) is 3.20. The largest absolute Gasteiger partial charge is 0.465 e. The van der Waals surface area contributed by atoms with E-state index < -0.39 is 12.0 Å². The maximum Gasteiger partial charge on any atom is 0.337 e. The molecule has 0 aliphatic heterocycles. The number of hydrogen-bond donors (Lipinski definition) is 2. The number of urea groups is 1. The van der Waals surface area contributed by atoms with Crippen LogP contribution in [-0.2, 0) is 4.74 Å². The topological polar surface area (TPSA) is 67.4 Å². The first-order valence-corrected chi connectivity index (χ1v) is 7.15. The summed E-state index contributed by atoms with van der Waals surface area (Å²) in [5.41, 5.74) is 1.77. The molecular weight excluding hydrogens is 316 g/mol. The first-order valence-electron chi connectivity index (χ1n) is 6.77. The molecule has 0 aromatic heterocycles. The molecule has 0 fully saturated rings. The van der Waals surface area contributed by atoms with Crippen molar-refractivity contribution < 1.29 is 14.3 Å². The molecule has 23 heavy (non-hydrogen) atoms. The molecule has 0 heterocycles. The lowest BCUT2D eigenvalue weighted by molar-refractivity contribution is 0.0601. The number of amides is 2. The fraction of sp³-hybridized carbons (Fsp3) is 0.0588. The maximum atomic E-state index is 11.8. The monoisotopic (exact) mass is 330 g/mol. The van der Waals surface area contributed by atoms with Crippen LogP contribution in [0.25, 0.3) is 6.08 Å².